The fourth-order valence-electron chi connectivity index (χ4n) is 2.49. The summed E-state index contributed by atoms with van der Waals surface area (Å²) in [6.45, 7) is 8.03. The number of anilines is 1. The summed E-state index contributed by atoms with van der Waals surface area (Å²) in [4.78, 5) is 14.4. The minimum Gasteiger partial charge on any atom is -0.465 e. The molecule has 0 aliphatic carbocycles. The van der Waals surface area contributed by atoms with Crippen molar-refractivity contribution in [2.24, 2.45) is 0 Å². The van der Waals surface area contributed by atoms with Gasteiger partial charge in [-0.15, -0.1) is 0 Å². The number of nitrogens with zero attached hydrogens (tertiary/aromatic N) is 1. The van der Waals surface area contributed by atoms with Gasteiger partial charge in [-0.05, 0) is 37.9 Å². The van der Waals surface area contributed by atoms with Gasteiger partial charge in [-0.3, -0.25) is 9.69 Å². The molecule has 21 heavy (non-hydrogen) atoms. The van der Waals surface area contributed by atoms with Crippen LogP contribution in [-0.4, -0.2) is 30.1 Å². The SMILES string of the molecule is CCCC(C(=O)OCC)N(CCC)Cc1ccccc1N. The molecule has 0 heterocycles. The summed E-state index contributed by atoms with van der Waals surface area (Å²) in [5.41, 5.74) is 7.87. The Morgan fingerprint density at radius 3 is 2.52 bits per heavy atom. The highest BCUT2D eigenvalue weighted by molar-refractivity contribution is 5.75. The number of nitrogens with two attached hydrogens (primary N) is 1. The summed E-state index contributed by atoms with van der Waals surface area (Å²) in [5.74, 6) is -0.123. The van der Waals surface area contributed by atoms with Crippen LogP contribution in [0.2, 0.25) is 0 Å². The zero-order valence-electron chi connectivity index (χ0n) is 13.5. The Kier molecular flexibility index (Phi) is 7.83. The van der Waals surface area contributed by atoms with Crippen LogP contribution in [-0.2, 0) is 16.1 Å². The number of benzene rings is 1. The van der Waals surface area contributed by atoms with Crippen molar-refractivity contribution in [2.75, 3.05) is 18.9 Å². The van der Waals surface area contributed by atoms with E-state index in [-0.39, 0.29) is 12.0 Å². The molecule has 4 nitrogen and oxygen atoms in total. The third-order valence-corrected chi connectivity index (χ3v) is 3.50. The highest BCUT2D eigenvalue weighted by Gasteiger charge is 2.26. The van der Waals surface area contributed by atoms with Gasteiger partial charge >= 0.3 is 5.97 Å². The maximum absolute atomic E-state index is 12.2. The number of carbonyl (C=O) groups is 1. The molecular weight excluding hydrogens is 264 g/mol. The van der Waals surface area contributed by atoms with Gasteiger partial charge < -0.3 is 10.5 Å². The number of hydrogen-bond acceptors (Lipinski definition) is 4. The first-order valence-electron chi connectivity index (χ1n) is 7.88. The summed E-state index contributed by atoms with van der Waals surface area (Å²) in [6, 6.07) is 7.65. The molecule has 1 unspecified atom stereocenters. The molecule has 118 valence electrons. The Labute approximate surface area is 128 Å². The summed E-state index contributed by atoms with van der Waals surface area (Å²) >= 11 is 0. The largest absolute Gasteiger partial charge is 0.465 e. The van der Waals surface area contributed by atoms with Gasteiger partial charge in [0.25, 0.3) is 0 Å². The zero-order chi connectivity index (χ0) is 15.7. The molecule has 0 amide bonds. The van der Waals surface area contributed by atoms with Gasteiger partial charge in [0.05, 0.1) is 6.61 Å². The second kappa shape index (κ2) is 9.40. The van der Waals surface area contributed by atoms with Crippen molar-refractivity contribution >= 4 is 11.7 Å². The van der Waals surface area contributed by atoms with E-state index in [9.17, 15) is 4.79 Å². The fourth-order valence-corrected chi connectivity index (χ4v) is 2.49. The lowest BCUT2D eigenvalue weighted by molar-refractivity contribution is -0.150. The normalized spacial score (nSPS) is 12.4. The van der Waals surface area contributed by atoms with Crippen molar-refractivity contribution in [3.8, 4) is 0 Å². The molecule has 0 saturated heterocycles. The maximum atomic E-state index is 12.2. The Hall–Kier alpha value is -1.55. The molecule has 0 bridgehead atoms. The van der Waals surface area contributed by atoms with Crippen molar-refractivity contribution in [1.29, 1.82) is 0 Å². The summed E-state index contributed by atoms with van der Waals surface area (Å²) in [5, 5.41) is 0. The predicted molar refractivity (Wildman–Crippen MR) is 86.9 cm³/mol. The lowest BCUT2D eigenvalue weighted by atomic mass is 10.1. The maximum Gasteiger partial charge on any atom is 0.323 e. The molecular formula is C17H28N2O2. The van der Waals surface area contributed by atoms with Crippen LogP contribution in [0.4, 0.5) is 5.69 Å². The molecule has 2 N–H and O–H groups in total. The number of hydrogen-bond donors (Lipinski definition) is 1. The van der Waals surface area contributed by atoms with E-state index >= 15 is 0 Å². The van der Waals surface area contributed by atoms with Crippen LogP contribution in [0.15, 0.2) is 24.3 Å². The standard InChI is InChI=1S/C17H28N2O2/c1-4-9-16(17(20)21-6-3)19(12-5-2)13-14-10-7-8-11-15(14)18/h7-8,10-11,16H,4-6,9,12-13,18H2,1-3H3. The third-order valence-electron chi connectivity index (χ3n) is 3.50. The van der Waals surface area contributed by atoms with Crippen molar-refractivity contribution in [3.05, 3.63) is 29.8 Å². The molecule has 0 radical (unpaired) electrons. The number of ether oxygens (including phenoxy) is 1. The predicted octanol–water partition coefficient (Wildman–Crippen LogP) is 3.21. The van der Waals surface area contributed by atoms with E-state index in [1.54, 1.807) is 0 Å². The summed E-state index contributed by atoms with van der Waals surface area (Å²) in [7, 11) is 0. The number of para-hydroxylation sites is 1. The highest BCUT2D eigenvalue weighted by atomic mass is 16.5. The van der Waals surface area contributed by atoms with Crippen LogP contribution in [0.5, 0.6) is 0 Å². The monoisotopic (exact) mass is 292 g/mol. The Bertz CT molecular complexity index is 435. The minimum absolute atomic E-state index is 0.123. The van der Waals surface area contributed by atoms with Crippen LogP contribution in [0.25, 0.3) is 0 Å². The Morgan fingerprint density at radius 1 is 1.24 bits per heavy atom. The first kappa shape index (κ1) is 17.5. The molecule has 0 spiro atoms. The fraction of sp³-hybridized carbons (Fsp3) is 0.588. The van der Waals surface area contributed by atoms with Gasteiger partial charge in [0.15, 0.2) is 0 Å². The molecule has 1 rings (SSSR count). The van der Waals surface area contributed by atoms with Crippen molar-refractivity contribution < 1.29 is 9.53 Å². The highest BCUT2D eigenvalue weighted by Crippen LogP contribution is 2.18. The van der Waals surface area contributed by atoms with E-state index in [4.69, 9.17) is 10.5 Å². The number of rotatable bonds is 9. The Balaban J connectivity index is 2.90. The number of nitrogen functional groups attached to an aromatic ring is 1. The number of esters is 1. The van der Waals surface area contributed by atoms with E-state index in [2.05, 4.69) is 18.7 Å². The average Bonchev–Trinajstić information content (AvgIpc) is 2.47. The van der Waals surface area contributed by atoms with E-state index in [0.717, 1.165) is 37.1 Å². The first-order valence-corrected chi connectivity index (χ1v) is 7.88. The zero-order valence-corrected chi connectivity index (χ0v) is 13.5. The van der Waals surface area contributed by atoms with E-state index < -0.39 is 0 Å². The lowest BCUT2D eigenvalue weighted by Crippen LogP contribution is -2.42. The van der Waals surface area contributed by atoms with Gasteiger partial charge in [-0.25, -0.2) is 0 Å². The smallest absolute Gasteiger partial charge is 0.323 e. The van der Waals surface area contributed by atoms with Gasteiger partial charge in [0, 0.05) is 12.2 Å². The lowest BCUT2D eigenvalue weighted by Gasteiger charge is -2.30. The Morgan fingerprint density at radius 2 is 1.95 bits per heavy atom. The van der Waals surface area contributed by atoms with Crippen LogP contribution in [0.3, 0.4) is 0 Å². The average molecular weight is 292 g/mol. The van der Waals surface area contributed by atoms with E-state index in [1.165, 1.54) is 0 Å². The molecule has 0 saturated carbocycles. The molecule has 4 heteroatoms. The second-order valence-corrected chi connectivity index (χ2v) is 5.23. The molecule has 0 aliphatic heterocycles. The van der Waals surface area contributed by atoms with Gasteiger partial charge in [-0.2, -0.15) is 0 Å². The first-order chi connectivity index (χ1) is 10.1. The molecule has 0 aliphatic rings. The summed E-state index contributed by atoms with van der Waals surface area (Å²) in [6.07, 6.45) is 2.76. The van der Waals surface area contributed by atoms with Crippen LogP contribution in [0.1, 0.15) is 45.6 Å². The van der Waals surface area contributed by atoms with Crippen LogP contribution in [0, 0.1) is 0 Å². The summed E-state index contributed by atoms with van der Waals surface area (Å²) < 4.78 is 5.24. The molecule has 0 fully saturated rings. The quantitative estimate of drug-likeness (QED) is 0.561. The van der Waals surface area contributed by atoms with Crippen molar-refractivity contribution in [2.45, 2.75) is 52.6 Å². The van der Waals surface area contributed by atoms with E-state index in [0.29, 0.717) is 13.2 Å². The van der Waals surface area contributed by atoms with Gasteiger partial charge in [0.1, 0.15) is 6.04 Å². The second-order valence-electron chi connectivity index (χ2n) is 5.23. The third kappa shape index (κ3) is 5.38. The molecule has 1 aromatic rings. The van der Waals surface area contributed by atoms with Crippen molar-refractivity contribution in [3.63, 3.8) is 0 Å². The van der Waals surface area contributed by atoms with Gasteiger partial charge in [0.2, 0.25) is 0 Å². The van der Waals surface area contributed by atoms with Crippen LogP contribution >= 0.6 is 0 Å². The van der Waals surface area contributed by atoms with Crippen LogP contribution < -0.4 is 5.73 Å². The molecule has 0 aromatic heterocycles. The van der Waals surface area contributed by atoms with Gasteiger partial charge in [-0.1, -0.05) is 38.5 Å². The topological polar surface area (TPSA) is 55.6 Å². The van der Waals surface area contributed by atoms with Crippen molar-refractivity contribution in [1.82, 2.24) is 4.90 Å². The number of carbonyl (C=O) groups excluding carboxylic acids is 1. The minimum atomic E-state index is -0.186. The van der Waals surface area contributed by atoms with E-state index in [1.807, 2.05) is 31.2 Å². The molecule has 1 aromatic carbocycles. The molecule has 1 atom stereocenters.